The maximum absolute atomic E-state index is 3.82. The van der Waals surface area contributed by atoms with Gasteiger partial charge < -0.3 is 5.32 Å². The first-order valence-electron chi connectivity index (χ1n) is 5.19. The van der Waals surface area contributed by atoms with Gasteiger partial charge in [-0.3, -0.25) is 0 Å². The number of nitrogens with one attached hydrogen (secondary N) is 1. The van der Waals surface area contributed by atoms with Crippen LogP contribution in [0.4, 0.5) is 0 Å². The monoisotopic (exact) mass is 183 g/mol. The van der Waals surface area contributed by atoms with Crippen molar-refractivity contribution in [3.05, 3.63) is 12.7 Å². The lowest BCUT2D eigenvalue weighted by Crippen LogP contribution is -2.26. The van der Waals surface area contributed by atoms with Gasteiger partial charge in [0, 0.05) is 6.04 Å². The van der Waals surface area contributed by atoms with Crippen LogP contribution >= 0.6 is 0 Å². The number of likely N-dealkylation sites (N-methyl/N-ethyl adjacent to an activating group) is 1. The summed E-state index contributed by atoms with van der Waals surface area (Å²) in [5, 5.41) is 3.25. The topological polar surface area (TPSA) is 12.0 Å². The largest absolute Gasteiger partial charge is 0.314 e. The lowest BCUT2D eigenvalue weighted by atomic mass is 9.83. The summed E-state index contributed by atoms with van der Waals surface area (Å²) < 4.78 is 0. The molecule has 0 aliphatic carbocycles. The Morgan fingerprint density at radius 3 is 2.23 bits per heavy atom. The summed E-state index contributed by atoms with van der Waals surface area (Å²) in [6, 6.07) is 0.470. The Hall–Kier alpha value is -0.300. The number of rotatable bonds is 5. The lowest BCUT2D eigenvalue weighted by Gasteiger charge is -2.25. The Labute approximate surface area is 83.6 Å². The first-order chi connectivity index (χ1) is 5.89. The fourth-order valence-electron chi connectivity index (χ4n) is 1.89. The Morgan fingerprint density at radius 2 is 1.92 bits per heavy atom. The van der Waals surface area contributed by atoms with Crippen molar-refractivity contribution >= 4 is 0 Å². The van der Waals surface area contributed by atoms with E-state index in [2.05, 4.69) is 39.6 Å². The second kappa shape index (κ2) is 5.43. The number of hydrogen-bond donors (Lipinski definition) is 1. The first-order valence-corrected chi connectivity index (χ1v) is 5.19. The molecule has 0 heterocycles. The molecule has 13 heavy (non-hydrogen) atoms. The van der Waals surface area contributed by atoms with Crippen LogP contribution in [0.2, 0.25) is 0 Å². The van der Waals surface area contributed by atoms with Gasteiger partial charge in [-0.05, 0) is 31.2 Å². The summed E-state index contributed by atoms with van der Waals surface area (Å²) in [7, 11) is 2.00. The molecule has 0 saturated heterocycles. The molecule has 0 saturated carbocycles. The molecule has 1 heteroatoms. The molecule has 0 fully saturated rings. The minimum Gasteiger partial charge on any atom is -0.314 e. The van der Waals surface area contributed by atoms with Gasteiger partial charge >= 0.3 is 0 Å². The van der Waals surface area contributed by atoms with Crippen LogP contribution < -0.4 is 5.32 Å². The van der Waals surface area contributed by atoms with Gasteiger partial charge in [-0.2, -0.15) is 0 Å². The van der Waals surface area contributed by atoms with Crippen molar-refractivity contribution in [3.63, 3.8) is 0 Å². The molecule has 0 aromatic carbocycles. The zero-order valence-electron chi connectivity index (χ0n) is 9.85. The van der Waals surface area contributed by atoms with Crippen molar-refractivity contribution in [3.8, 4) is 0 Å². The summed E-state index contributed by atoms with van der Waals surface area (Å²) in [6.07, 6.45) is 4.47. The Balaban J connectivity index is 3.85. The van der Waals surface area contributed by atoms with E-state index in [4.69, 9.17) is 0 Å². The predicted molar refractivity (Wildman–Crippen MR) is 60.9 cm³/mol. The highest BCUT2D eigenvalue weighted by atomic mass is 14.9. The lowest BCUT2D eigenvalue weighted by molar-refractivity contribution is 0.287. The molecule has 78 valence electrons. The van der Waals surface area contributed by atoms with Crippen LogP contribution in [-0.2, 0) is 0 Å². The maximum atomic E-state index is 3.82. The van der Waals surface area contributed by atoms with Crippen LogP contribution in [0.15, 0.2) is 12.7 Å². The Bertz CT molecular complexity index is 144. The van der Waals surface area contributed by atoms with Gasteiger partial charge in [-0.25, -0.2) is 0 Å². The summed E-state index contributed by atoms with van der Waals surface area (Å²) in [5.41, 5.74) is 0.443. The molecule has 0 aliphatic rings. The molecule has 2 atom stereocenters. The van der Waals surface area contributed by atoms with E-state index in [0.29, 0.717) is 11.5 Å². The summed E-state index contributed by atoms with van der Waals surface area (Å²) >= 11 is 0. The van der Waals surface area contributed by atoms with Crippen molar-refractivity contribution in [1.29, 1.82) is 0 Å². The van der Waals surface area contributed by atoms with Gasteiger partial charge in [0.2, 0.25) is 0 Å². The third kappa shape index (κ3) is 6.83. The van der Waals surface area contributed by atoms with Crippen LogP contribution in [0, 0.1) is 11.3 Å². The smallest absolute Gasteiger partial charge is 0.0246 e. The molecule has 0 aliphatic heterocycles. The molecule has 1 N–H and O–H groups in total. The third-order valence-electron chi connectivity index (χ3n) is 2.27. The summed E-state index contributed by atoms with van der Waals surface area (Å²) in [6.45, 7) is 13.0. The zero-order valence-corrected chi connectivity index (χ0v) is 9.85. The van der Waals surface area contributed by atoms with Crippen molar-refractivity contribution in [1.82, 2.24) is 5.32 Å². The van der Waals surface area contributed by atoms with E-state index in [1.807, 2.05) is 13.1 Å². The molecule has 0 aromatic rings. The highest BCUT2D eigenvalue weighted by molar-refractivity contribution is 4.86. The second-order valence-electron chi connectivity index (χ2n) is 5.24. The number of hydrogen-bond acceptors (Lipinski definition) is 1. The predicted octanol–water partition coefficient (Wildman–Crippen LogP) is 3.22. The van der Waals surface area contributed by atoms with Crippen molar-refractivity contribution in [2.45, 2.75) is 46.6 Å². The molecule has 0 amide bonds. The average molecular weight is 183 g/mol. The molecular formula is C12H25N. The molecule has 0 aromatic heterocycles. The SMILES string of the molecule is C=CC(CC(C)CC(C)(C)C)NC. The van der Waals surface area contributed by atoms with Crippen LogP contribution in [0.25, 0.3) is 0 Å². The van der Waals surface area contributed by atoms with Crippen molar-refractivity contribution < 1.29 is 0 Å². The first kappa shape index (κ1) is 12.7. The minimum absolute atomic E-state index is 0.443. The fraction of sp³-hybridized carbons (Fsp3) is 0.833. The fourth-order valence-corrected chi connectivity index (χ4v) is 1.89. The normalized spacial score (nSPS) is 16.7. The molecule has 0 rings (SSSR count). The molecule has 0 radical (unpaired) electrons. The quantitative estimate of drug-likeness (QED) is 0.645. The van der Waals surface area contributed by atoms with Gasteiger partial charge in [-0.1, -0.05) is 33.8 Å². The van der Waals surface area contributed by atoms with E-state index >= 15 is 0 Å². The molecule has 0 spiro atoms. The highest BCUT2D eigenvalue weighted by Gasteiger charge is 2.16. The van der Waals surface area contributed by atoms with E-state index in [9.17, 15) is 0 Å². The molecule has 1 nitrogen and oxygen atoms in total. The van der Waals surface area contributed by atoms with Gasteiger partial charge in [0.25, 0.3) is 0 Å². The zero-order chi connectivity index (χ0) is 10.5. The van der Waals surface area contributed by atoms with E-state index in [1.165, 1.54) is 12.8 Å². The van der Waals surface area contributed by atoms with Gasteiger partial charge in [-0.15, -0.1) is 6.58 Å². The molecule has 0 bridgehead atoms. The van der Waals surface area contributed by atoms with Crippen LogP contribution in [-0.4, -0.2) is 13.1 Å². The molecule has 2 unspecified atom stereocenters. The van der Waals surface area contributed by atoms with Gasteiger partial charge in [0.15, 0.2) is 0 Å². The van der Waals surface area contributed by atoms with Crippen LogP contribution in [0.3, 0.4) is 0 Å². The van der Waals surface area contributed by atoms with E-state index in [-0.39, 0.29) is 0 Å². The van der Waals surface area contributed by atoms with E-state index < -0.39 is 0 Å². The standard InChI is InChI=1S/C12H25N/c1-7-11(13-6)8-10(2)9-12(3,4)5/h7,10-11,13H,1,8-9H2,2-6H3. The average Bonchev–Trinajstić information content (AvgIpc) is 1.96. The Morgan fingerprint density at radius 1 is 1.38 bits per heavy atom. The maximum Gasteiger partial charge on any atom is 0.0246 e. The third-order valence-corrected chi connectivity index (χ3v) is 2.27. The Kier molecular flexibility index (Phi) is 5.31. The summed E-state index contributed by atoms with van der Waals surface area (Å²) in [5.74, 6) is 0.760. The van der Waals surface area contributed by atoms with Crippen LogP contribution in [0.1, 0.15) is 40.5 Å². The molecular weight excluding hydrogens is 158 g/mol. The summed E-state index contributed by atoms with van der Waals surface area (Å²) in [4.78, 5) is 0. The van der Waals surface area contributed by atoms with Crippen LogP contribution in [0.5, 0.6) is 0 Å². The van der Waals surface area contributed by atoms with Crippen molar-refractivity contribution in [2.75, 3.05) is 7.05 Å². The van der Waals surface area contributed by atoms with Crippen molar-refractivity contribution in [2.24, 2.45) is 11.3 Å². The second-order valence-corrected chi connectivity index (χ2v) is 5.24. The van der Waals surface area contributed by atoms with E-state index in [1.54, 1.807) is 0 Å². The van der Waals surface area contributed by atoms with Gasteiger partial charge in [0.05, 0.1) is 0 Å². The minimum atomic E-state index is 0.443. The van der Waals surface area contributed by atoms with E-state index in [0.717, 1.165) is 5.92 Å². The van der Waals surface area contributed by atoms with Gasteiger partial charge in [0.1, 0.15) is 0 Å². The highest BCUT2D eigenvalue weighted by Crippen LogP contribution is 2.26.